The summed E-state index contributed by atoms with van der Waals surface area (Å²) in [5, 5.41) is 7.88. The molecule has 0 radical (unpaired) electrons. The monoisotopic (exact) mass is 270 g/mol. The average Bonchev–Trinajstić information content (AvgIpc) is 2.84. The lowest BCUT2D eigenvalue weighted by Gasteiger charge is -1.97. The van der Waals surface area contributed by atoms with Crippen molar-refractivity contribution in [2.24, 2.45) is 0 Å². The molecule has 2 aromatic heterocycles. The maximum atomic E-state index is 5.47. The second-order valence-electron chi connectivity index (χ2n) is 3.23. The zero-order chi connectivity index (χ0) is 10.8. The van der Waals surface area contributed by atoms with E-state index in [9.17, 15) is 0 Å². The van der Waals surface area contributed by atoms with Gasteiger partial charge in [0.1, 0.15) is 5.76 Å². The molecule has 1 atom stereocenters. The Hall–Kier alpha value is -1.10. The predicted molar refractivity (Wildman–Crippen MR) is 58.7 cm³/mol. The molecule has 15 heavy (non-hydrogen) atoms. The second kappa shape index (κ2) is 4.18. The average molecular weight is 271 g/mol. The SMILES string of the molecule is CCC(Br)c1nnc(-c2ccc(C)o2)o1. The van der Waals surface area contributed by atoms with Gasteiger partial charge >= 0.3 is 0 Å². The number of furan rings is 1. The lowest BCUT2D eigenvalue weighted by Crippen LogP contribution is -1.86. The fourth-order valence-electron chi connectivity index (χ4n) is 1.18. The summed E-state index contributed by atoms with van der Waals surface area (Å²) in [6.07, 6.45) is 0.902. The molecule has 0 aromatic carbocycles. The van der Waals surface area contributed by atoms with Crippen LogP contribution in [-0.2, 0) is 0 Å². The van der Waals surface area contributed by atoms with Crippen LogP contribution in [0, 0.1) is 6.92 Å². The van der Waals surface area contributed by atoms with Gasteiger partial charge in [0, 0.05) is 0 Å². The van der Waals surface area contributed by atoms with E-state index < -0.39 is 0 Å². The van der Waals surface area contributed by atoms with Gasteiger partial charge in [-0.05, 0) is 25.5 Å². The van der Waals surface area contributed by atoms with Gasteiger partial charge in [-0.2, -0.15) is 0 Å². The summed E-state index contributed by atoms with van der Waals surface area (Å²) in [7, 11) is 0. The van der Waals surface area contributed by atoms with Crippen molar-refractivity contribution in [1.29, 1.82) is 0 Å². The van der Waals surface area contributed by atoms with Crippen LogP contribution in [0.4, 0.5) is 0 Å². The van der Waals surface area contributed by atoms with Gasteiger partial charge in [-0.3, -0.25) is 0 Å². The van der Waals surface area contributed by atoms with E-state index in [0.717, 1.165) is 12.2 Å². The number of hydrogen-bond acceptors (Lipinski definition) is 4. The summed E-state index contributed by atoms with van der Waals surface area (Å²) < 4.78 is 10.9. The number of nitrogens with zero attached hydrogens (tertiary/aromatic N) is 2. The number of aromatic nitrogens is 2. The number of halogens is 1. The summed E-state index contributed by atoms with van der Waals surface area (Å²) >= 11 is 3.45. The minimum atomic E-state index is 0.106. The highest BCUT2D eigenvalue weighted by Gasteiger charge is 2.16. The Morgan fingerprint density at radius 3 is 2.73 bits per heavy atom. The molecule has 0 saturated carbocycles. The van der Waals surface area contributed by atoms with E-state index in [4.69, 9.17) is 8.83 Å². The van der Waals surface area contributed by atoms with Gasteiger partial charge in [0.15, 0.2) is 5.76 Å². The Morgan fingerprint density at radius 2 is 2.13 bits per heavy atom. The minimum Gasteiger partial charge on any atom is -0.456 e. The molecule has 2 rings (SSSR count). The number of hydrogen-bond donors (Lipinski definition) is 0. The molecule has 0 amide bonds. The van der Waals surface area contributed by atoms with Crippen molar-refractivity contribution in [2.45, 2.75) is 25.1 Å². The first-order valence-electron chi connectivity index (χ1n) is 4.75. The minimum absolute atomic E-state index is 0.106. The molecule has 2 heterocycles. The highest BCUT2D eigenvalue weighted by atomic mass is 79.9. The molecule has 0 aliphatic rings. The molecule has 0 N–H and O–H groups in total. The highest BCUT2D eigenvalue weighted by molar-refractivity contribution is 9.09. The fourth-order valence-corrected chi connectivity index (χ4v) is 1.37. The third-order valence-corrected chi connectivity index (χ3v) is 3.06. The molecule has 0 saturated heterocycles. The van der Waals surface area contributed by atoms with Gasteiger partial charge in [-0.1, -0.05) is 22.9 Å². The van der Waals surface area contributed by atoms with Crippen molar-refractivity contribution in [2.75, 3.05) is 0 Å². The zero-order valence-electron chi connectivity index (χ0n) is 8.53. The van der Waals surface area contributed by atoms with E-state index in [1.165, 1.54) is 0 Å². The van der Waals surface area contributed by atoms with Crippen molar-refractivity contribution in [3.63, 3.8) is 0 Å². The van der Waals surface area contributed by atoms with Crippen LogP contribution in [0.2, 0.25) is 0 Å². The van der Waals surface area contributed by atoms with Crippen molar-refractivity contribution in [3.05, 3.63) is 23.8 Å². The third-order valence-electron chi connectivity index (χ3n) is 2.02. The number of aryl methyl sites for hydroxylation is 1. The molecule has 0 aliphatic heterocycles. The molecule has 2 aromatic rings. The van der Waals surface area contributed by atoms with Crippen LogP contribution in [-0.4, -0.2) is 10.2 Å². The maximum absolute atomic E-state index is 5.47. The van der Waals surface area contributed by atoms with Crippen LogP contribution in [0.25, 0.3) is 11.7 Å². The van der Waals surface area contributed by atoms with Crippen molar-refractivity contribution < 1.29 is 8.83 Å². The van der Waals surface area contributed by atoms with Gasteiger partial charge in [-0.25, -0.2) is 0 Å². The van der Waals surface area contributed by atoms with E-state index in [1.807, 2.05) is 26.0 Å². The Bertz CT molecular complexity index is 450. The summed E-state index contributed by atoms with van der Waals surface area (Å²) in [5.74, 6) is 2.45. The molecule has 0 fully saturated rings. The van der Waals surface area contributed by atoms with Gasteiger partial charge < -0.3 is 8.83 Å². The molecule has 1 unspecified atom stereocenters. The van der Waals surface area contributed by atoms with Gasteiger partial charge in [0.2, 0.25) is 5.89 Å². The van der Waals surface area contributed by atoms with Crippen LogP contribution < -0.4 is 0 Å². The van der Waals surface area contributed by atoms with E-state index in [-0.39, 0.29) is 4.83 Å². The summed E-state index contributed by atoms with van der Waals surface area (Å²) in [6, 6.07) is 3.69. The third kappa shape index (κ3) is 2.12. The number of rotatable bonds is 3. The van der Waals surface area contributed by atoms with Gasteiger partial charge in [0.25, 0.3) is 5.89 Å². The van der Waals surface area contributed by atoms with Crippen LogP contribution in [0.3, 0.4) is 0 Å². The maximum Gasteiger partial charge on any atom is 0.283 e. The van der Waals surface area contributed by atoms with E-state index in [1.54, 1.807) is 0 Å². The quantitative estimate of drug-likeness (QED) is 0.802. The zero-order valence-corrected chi connectivity index (χ0v) is 10.1. The molecule has 0 aliphatic carbocycles. The molecule has 5 heteroatoms. The molecule has 80 valence electrons. The first-order valence-corrected chi connectivity index (χ1v) is 5.66. The highest BCUT2D eigenvalue weighted by Crippen LogP contribution is 2.28. The fraction of sp³-hybridized carbons (Fsp3) is 0.400. The number of alkyl halides is 1. The summed E-state index contributed by atoms with van der Waals surface area (Å²) in [6.45, 7) is 3.92. The summed E-state index contributed by atoms with van der Waals surface area (Å²) in [5.41, 5.74) is 0. The van der Waals surface area contributed by atoms with Crippen LogP contribution in [0.1, 0.15) is 29.8 Å². The second-order valence-corrected chi connectivity index (χ2v) is 4.34. The van der Waals surface area contributed by atoms with Crippen LogP contribution >= 0.6 is 15.9 Å². The van der Waals surface area contributed by atoms with Gasteiger partial charge in [0.05, 0.1) is 4.83 Å². The first kappa shape index (κ1) is 10.4. The van der Waals surface area contributed by atoms with E-state index in [0.29, 0.717) is 17.5 Å². The molecular formula is C10H11BrN2O2. The smallest absolute Gasteiger partial charge is 0.283 e. The van der Waals surface area contributed by atoms with E-state index in [2.05, 4.69) is 26.1 Å². The predicted octanol–water partition coefficient (Wildman–Crippen LogP) is 3.48. The lowest BCUT2D eigenvalue weighted by molar-refractivity contribution is 0.469. The molecule has 0 spiro atoms. The topological polar surface area (TPSA) is 52.1 Å². The van der Waals surface area contributed by atoms with Gasteiger partial charge in [-0.15, -0.1) is 10.2 Å². The molecule has 0 bridgehead atoms. The molecular weight excluding hydrogens is 260 g/mol. The first-order chi connectivity index (χ1) is 7.20. The van der Waals surface area contributed by atoms with E-state index >= 15 is 0 Å². The Kier molecular flexibility index (Phi) is 2.90. The largest absolute Gasteiger partial charge is 0.456 e. The summed E-state index contributed by atoms with van der Waals surface area (Å²) in [4.78, 5) is 0.106. The van der Waals surface area contributed by atoms with Crippen LogP contribution in [0.15, 0.2) is 21.0 Å². The Morgan fingerprint density at radius 1 is 1.33 bits per heavy atom. The standard InChI is InChI=1S/C10H11BrN2O2/c1-3-7(11)9-12-13-10(15-9)8-5-4-6(2)14-8/h4-5,7H,3H2,1-2H3. The van der Waals surface area contributed by atoms with Crippen molar-refractivity contribution >= 4 is 15.9 Å². The van der Waals surface area contributed by atoms with Crippen molar-refractivity contribution in [3.8, 4) is 11.7 Å². The molecule has 4 nitrogen and oxygen atoms in total. The lowest BCUT2D eigenvalue weighted by atomic mass is 10.3. The Labute approximate surface area is 95.8 Å². The Balaban J connectivity index is 2.27. The van der Waals surface area contributed by atoms with Crippen molar-refractivity contribution in [1.82, 2.24) is 10.2 Å². The normalized spacial score (nSPS) is 13.0. The van der Waals surface area contributed by atoms with Crippen LogP contribution in [0.5, 0.6) is 0 Å².